The number of aryl methyl sites for hydroxylation is 3. The molecule has 2 N–H and O–H groups in total. The van der Waals surface area contributed by atoms with E-state index in [2.05, 4.69) is 56.9 Å². The molecule has 3 heterocycles. The molecule has 2 aromatic heterocycles. The molecule has 1 fully saturated rings. The van der Waals surface area contributed by atoms with E-state index in [4.69, 9.17) is 0 Å². The van der Waals surface area contributed by atoms with Crippen molar-refractivity contribution in [1.82, 2.24) is 25.1 Å². The highest BCUT2D eigenvalue weighted by atomic mass is 15.3. The minimum Gasteiger partial charge on any atom is -0.364 e. The number of hydrogen-bond acceptors (Lipinski definition) is 5. The predicted molar refractivity (Wildman–Crippen MR) is 104 cm³/mol. The zero-order valence-electron chi connectivity index (χ0n) is 15.7. The van der Waals surface area contributed by atoms with Gasteiger partial charge in [-0.2, -0.15) is 5.10 Å². The SMILES string of the molecule is Cc1ccc2c(c1)c(CNc1cc(C3CCCNC3)nc(C)n1)nn2C. The maximum atomic E-state index is 4.68. The standard InChI is InChI=1S/C20H26N6/c1-13-6-7-19-16(9-13)18(25-26(19)3)12-22-20-10-17(23-14(2)24-20)15-5-4-8-21-11-15/h6-7,9-10,15,21H,4-5,8,11-12H2,1-3H3,(H,22,23,24). The Kier molecular flexibility index (Phi) is 4.59. The van der Waals surface area contributed by atoms with Crippen LogP contribution in [0.2, 0.25) is 0 Å². The van der Waals surface area contributed by atoms with Gasteiger partial charge in [-0.15, -0.1) is 0 Å². The number of nitrogens with one attached hydrogen (secondary N) is 2. The highest BCUT2D eigenvalue weighted by Gasteiger charge is 2.18. The summed E-state index contributed by atoms with van der Waals surface area (Å²) in [5.41, 5.74) is 4.58. The first-order valence-corrected chi connectivity index (χ1v) is 9.32. The minimum atomic E-state index is 0.476. The zero-order chi connectivity index (χ0) is 18.1. The number of aromatic nitrogens is 4. The Balaban J connectivity index is 1.56. The number of benzene rings is 1. The minimum absolute atomic E-state index is 0.476. The summed E-state index contributed by atoms with van der Waals surface area (Å²) >= 11 is 0. The number of nitrogens with zero attached hydrogens (tertiary/aromatic N) is 4. The van der Waals surface area contributed by atoms with Crippen LogP contribution in [0.15, 0.2) is 24.3 Å². The average molecular weight is 350 g/mol. The van der Waals surface area contributed by atoms with Crippen molar-refractivity contribution in [2.75, 3.05) is 18.4 Å². The van der Waals surface area contributed by atoms with Crippen molar-refractivity contribution in [2.24, 2.45) is 7.05 Å². The molecule has 0 aliphatic carbocycles. The highest BCUT2D eigenvalue weighted by molar-refractivity contribution is 5.82. The second-order valence-corrected chi connectivity index (χ2v) is 7.21. The lowest BCUT2D eigenvalue weighted by atomic mass is 9.96. The quantitative estimate of drug-likeness (QED) is 0.757. The van der Waals surface area contributed by atoms with Gasteiger partial charge < -0.3 is 10.6 Å². The maximum absolute atomic E-state index is 4.68. The largest absolute Gasteiger partial charge is 0.364 e. The van der Waals surface area contributed by atoms with Crippen molar-refractivity contribution in [1.29, 1.82) is 0 Å². The summed E-state index contributed by atoms with van der Waals surface area (Å²) < 4.78 is 1.94. The molecule has 0 saturated carbocycles. The monoisotopic (exact) mass is 350 g/mol. The lowest BCUT2D eigenvalue weighted by molar-refractivity contribution is 0.453. The van der Waals surface area contributed by atoms with E-state index in [1.54, 1.807) is 0 Å². The van der Waals surface area contributed by atoms with Gasteiger partial charge in [0.25, 0.3) is 0 Å². The fraction of sp³-hybridized carbons (Fsp3) is 0.450. The van der Waals surface area contributed by atoms with Crippen molar-refractivity contribution in [2.45, 2.75) is 39.2 Å². The summed E-state index contributed by atoms with van der Waals surface area (Å²) in [5.74, 6) is 2.17. The molecule has 26 heavy (non-hydrogen) atoms. The molecule has 1 unspecified atom stereocenters. The fourth-order valence-electron chi connectivity index (χ4n) is 3.75. The third-order valence-corrected chi connectivity index (χ3v) is 5.09. The van der Waals surface area contributed by atoms with Gasteiger partial charge in [-0.25, -0.2) is 9.97 Å². The van der Waals surface area contributed by atoms with Gasteiger partial charge in [0, 0.05) is 31.0 Å². The van der Waals surface area contributed by atoms with Crippen molar-refractivity contribution >= 4 is 16.7 Å². The van der Waals surface area contributed by atoms with Gasteiger partial charge in [0.1, 0.15) is 11.6 Å². The van der Waals surface area contributed by atoms with E-state index >= 15 is 0 Å². The molecule has 0 radical (unpaired) electrons. The van der Waals surface area contributed by atoms with Gasteiger partial charge >= 0.3 is 0 Å². The summed E-state index contributed by atoms with van der Waals surface area (Å²) in [6, 6.07) is 8.55. The molecule has 1 aromatic carbocycles. The van der Waals surface area contributed by atoms with E-state index in [0.29, 0.717) is 12.5 Å². The number of rotatable bonds is 4. The van der Waals surface area contributed by atoms with Gasteiger partial charge in [0.05, 0.1) is 23.4 Å². The van der Waals surface area contributed by atoms with Crippen LogP contribution in [0, 0.1) is 13.8 Å². The zero-order valence-corrected chi connectivity index (χ0v) is 15.7. The molecular formula is C20H26N6. The van der Waals surface area contributed by atoms with Gasteiger partial charge in [-0.3, -0.25) is 4.68 Å². The molecule has 1 aliphatic heterocycles. The highest BCUT2D eigenvalue weighted by Crippen LogP contribution is 2.24. The third-order valence-electron chi connectivity index (χ3n) is 5.09. The van der Waals surface area contributed by atoms with E-state index in [1.807, 2.05) is 18.7 Å². The summed E-state index contributed by atoms with van der Waals surface area (Å²) in [5, 5.41) is 12.8. The molecular weight excluding hydrogens is 324 g/mol. The van der Waals surface area contributed by atoms with Gasteiger partial charge in [-0.1, -0.05) is 11.6 Å². The Morgan fingerprint density at radius 3 is 2.92 bits per heavy atom. The molecule has 1 saturated heterocycles. The van der Waals surface area contributed by atoms with Crippen molar-refractivity contribution in [3.05, 3.63) is 47.0 Å². The summed E-state index contributed by atoms with van der Waals surface area (Å²) in [7, 11) is 1.99. The van der Waals surface area contributed by atoms with E-state index in [9.17, 15) is 0 Å². The Morgan fingerprint density at radius 2 is 2.12 bits per heavy atom. The van der Waals surface area contributed by atoms with Crippen molar-refractivity contribution in [3.63, 3.8) is 0 Å². The topological polar surface area (TPSA) is 67.7 Å². The van der Waals surface area contributed by atoms with Crippen LogP contribution < -0.4 is 10.6 Å². The lowest BCUT2D eigenvalue weighted by Crippen LogP contribution is -2.29. The van der Waals surface area contributed by atoms with E-state index in [-0.39, 0.29) is 0 Å². The van der Waals surface area contributed by atoms with Crippen LogP contribution in [-0.2, 0) is 13.6 Å². The third kappa shape index (κ3) is 3.42. The lowest BCUT2D eigenvalue weighted by Gasteiger charge is -2.22. The molecule has 6 heteroatoms. The molecule has 0 spiro atoms. The normalized spacial score (nSPS) is 17.6. The molecule has 0 bridgehead atoms. The molecule has 136 valence electrons. The van der Waals surface area contributed by atoms with Crippen molar-refractivity contribution < 1.29 is 0 Å². The molecule has 4 rings (SSSR count). The molecule has 1 aliphatic rings. The maximum Gasteiger partial charge on any atom is 0.130 e. The Labute approximate surface area is 154 Å². The fourth-order valence-corrected chi connectivity index (χ4v) is 3.75. The van der Waals surface area contributed by atoms with Crippen LogP contribution in [0.5, 0.6) is 0 Å². The van der Waals surface area contributed by atoms with Gasteiger partial charge in [0.2, 0.25) is 0 Å². The van der Waals surface area contributed by atoms with E-state index in [1.165, 1.54) is 23.8 Å². The molecule has 3 aromatic rings. The second kappa shape index (κ2) is 7.03. The second-order valence-electron chi connectivity index (χ2n) is 7.21. The first-order valence-electron chi connectivity index (χ1n) is 9.32. The van der Waals surface area contributed by atoms with Crippen LogP contribution in [0.4, 0.5) is 5.82 Å². The van der Waals surface area contributed by atoms with Crippen LogP contribution in [0.3, 0.4) is 0 Å². The predicted octanol–water partition coefficient (Wildman–Crippen LogP) is 3.06. The smallest absolute Gasteiger partial charge is 0.130 e. The van der Waals surface area contributed by atoms with Crippen LogP contribution in [0.25, 0.3) is 10.9 Å². The average Bonchev–Trinajstić information content (AvgIpc) is 2.95. The van der Waals surface area contributed by atoms with Gasteiger partial charge in [0.15, 0.2) is 0 Å². The van der Waals surface area contributed by atoms with Crippen LogP contribution in [-0.4, -0.2) is 32.8 Å². The molecule has 0 amide bonds. The summed E-state index contributed by atoms with van der Waals surface area (Å²) in [6.07, 6.45) is 2.39. The van der Waals surface area contributed by atoms with E-state index < -0.39 is 0 Å². The van der Waals surface area contributed by atoms with Crippen LogP contribution in [0.1, 0.15) is 41.5 Å². The first-order chi connectivity index (χ1) is 12.6. The Morgan fingerprint density at radius 1 is 1.23 bits per heavy atom. The Hall–Kier alpha value is -2.47. The first kappa shape index (κ1) is 17.0. The van der Waals surface area contributed by atoms with Gasteiger partial charge in [-0.05, 0) is 45.4 Å². The number of hydrogen-bond donors (Lipinski definition) is 2. The summed E-state index contributed by atoms with van der Waals surface area (Å²) in [6.45, 7) is 6.84. The number of anilines is 1. The number of piperidine rings is 1. The molecule has 1 atom stereocenters. The Bertz CT molecular complexity index is 923. The number of fused-ring (bicyclic) bond motifs is 1. The molecule has 6 nitrogen and oxygen atoms in total. The van der Waals surface area contributed by atoms with Crippen LogP contribution >= 0.6 is 0 Å². The van der Waals surface area contributed by atoms with E-state index in [0.717, 1.165) is 41.6 Å². The summed E-state index contributed by atoms with van der Waals surface area (Å²) in [4.78, 5) is 9.24. The van der Waals surface area contributed by atoms with Crippen molar-refractivity contribution in [3.8, 4) is 0 Å².